The molecule has 0 aliphatic heterocycles. The number of anilines is 2. The van der Waals surface area contributed by atoms with Gasteiger partial charge in [0, 0.05) is 21.3 Å². The molecular weight excluding hydrogens is 312 g/mol. The number of rotatable bonds is 4. The zero-order valence-electron chi connectivity index (χ0n) is 10.3. The van der Waals surface area contributed by atoms with E-state index in [2.05, 4.69) is 50.4 Å². The van der Waals surface area contributed by atoms with Gasteiger partial charge in [0.25, 0.3) is 0 Å². The number of nitrogens with two attached hydrogens (primary N) is 1. The van der Waals surface area contributed by atoms with Gasteiger partial charge in [-0.05, 0) is 27.4 Å². The Kier molecular flexibility index (Phi) is 4.19. The maximum Gasteiger partial charge on any atom is 0.135 e. The lowest BCUT2D eigenvalue weighted by molar-refractivity contribution is 0.777. The minimum absolute atomic E-state index is 0.266. The van der Waals surface area contributed by atoms with E-state index in [0.29, 0.717) is 5.82 Å². The van der Waals surface area contributed by atoms with Gasteiger partial charge in [-0.15, -0.1) is 11.3 Å². The molecule has 0 bridgehead atoms. The van der Waals surface area contributed by atoms with Gasteiger partial charge in [-0.1, -0.05) is 13.8 Å². The van der Waals surface area contributed by atoms with Crippen LogP contribution in [0.25, 0.3) is 0 Å². The topological polar surface area (TPSA) is 63.8 Å². The number of thiophene rings is 1. The molecule has 4 nitrogen and oxygen atoms in total. The predicted octanol–water partition coefficient (Wildman–Crippen LogP) is 3.62. The van der Waals surface area contributed by atoms with Crippen LogP contribution >= 0.6 is 27.3 Å². The maximum absolute atomic E-state index is 5.78. The third-order valence-corrected chi connectivity index (χ3v) is 4.33. The molecule has 0 fully saturated rings. The van der Waals surface area contributed by atoms with Crippen molar-refractivity contribution < 1.29 is 0 Å². The van der Waals surface area contributed by atoms with Crippen LogP contribution in [0.15, 0.2) is 22.0 Å². The number of nitrogens with zero attached hydrogens (tertiary/aromatic N) is 2. The van der Waals surface area contributed by atoms with Crippen molar-refractivity contribution >= 4 is 38.9 Å². The Bertz CT molecular complexity index is 539. The van der Waals surface area contributed by atoms with E-state index in [1.54, 1.807) is 17.4 Å². The molecule has 0 saturated heterocycles. The van der Waals surface area contributed by atoms with Crippen LogP contribution in [0.4, 0.5) is 11.6 Å². The summed E-state index contributed by atoms with van der Waals surface area (Å²) in [5.74, 6) is 2.30. The summed E-state index contributed by atoms with van der Waals surface area (Å²) in [5, 5.41) is 5.32. The fraction of sp³-hybridized carbons (Fsp3) is 0.333. The van der Waals surface area contributed by atoms with Crippen molar-refractivity contribution in [1.29, 1.82) is 0 Å². The molecule has 0 aliphatic rings. The van der Waals surface area contributed by atoms with E-state index in [4.69, 9.17) is 5.73 Å². The average Bonchev–Trinajstić information content (AvgIpc) is 2.71. The minimum Gasteiger partial charge on any atom is -0.384 e. The van der Waals surface area contributed by atoms with Gasteiger partial charge in [-0.2, -0.15) is 0 Å². The number of nitrogens with one attached hydrogen (secondary N) is 1. The zero-order chi connectivity index (χ0) is 13.1. The van der Waals surface area contributed by atoms with Crippen molar-refractivity contribution in [2.75, 3.05) is 11.1 Å². The standard InChI is InChI=1S/C12H15BrN4S/c1-7(2)12-16-10(14)5-11(17-12)15-6-9-8(13)3-4-18-9/h3-5,7H,6H2,1-2H3,(H3,14,15,16,17). The number of nitrogen functional groups attached to an aromatic ring is 1. The van der Waals surface area contributed by atoms with Crippen LogP contribution in [0.5, 0.6) is 0 Å². The Morgan fingerprint density at radius 1 is 1.44 bits per heavy atom. The summed E-state index contributed by atoms with van der Waals surface area (Å²) in [7, 11) is 0. The van der Waals surface area contributed by atoms with Gasteiger partial charge in [0.15, 0.2) is 0 Å². The second kappa shape index (κ2) is 5.67. The molecule has 0 aliphatic carbocycles. The molecule has 0 radical (unpaired) electrons. The quantitative estimate of drug-likeness (QED) is 0.900. The number of hydrogen-bond acceptors (Lipinski definition) is 5. The molecule has 18 heavy (non-hydrogen) atoms. The molecule has 0 amide bonds. The predicted molar refractivity (Wildman–Crippen MR) is 79.9 cm³/mol. The maximum atomic E-state index is 5.78. The van der Waals surface area contributed by atoms with Crippen LogP contribution in [0, 0.1) is 0 Å². The third-order valence-electron chi connectivity index (χ3n) is 2.40. The highest BCUT2D eigenvalue weighted by atomic mass is 79.9. The zero-order valence-corrected chi connectivity index (χ0v) is 12.7. The van der Waals surface area contributed by atoms with Crippen LogP contribution < -0.4 is 11.1 Å². The molecule has 0 unspecified atom stereocenters. The third kappa shape index (κ3) is 3.20. The van der Waals surface area contributed by atoms with Crippen molar-refractivity contribution in [2.45, 2.75) is 26.3 Å². The van der Waals surface area contributed by atoms with E-state index < -0.39 is 0 Å². The first-order valence-electron chi connectivity index (χ1n) is 5.66. The summed E-state index contributed by atoms with van der Waals surface area (Å²) < 4.78 is 1.12. The van der Waals surface area contributed by atoms with Gasteiger partial charge in [0.2, 0.25) is 0 Å². The summed E-state index contributed by atoms with van der Waals surface area (Å²) in [5.41, 5.74) is 5.78. The number of aromatic nitrogens is 2. The van der Waals surface area contributed by atoms with E-state index in [1.165, 1.54) is 4.88 Å². The summed E-state index contributed by atoms with van der Waals surface area (Å²) in [6.07, 6.45) is 0. The van der Waals surface area contributed by atoms with Crippen LogP contribution in [0.3, 0.4) is 0 Å². The normalized spacial score (nSPS) is 10.9. The monoisotopic (exact) mass is 326 g/mol. The Hall–Kier alpha value is -1.14. The van der Waals surface area contributed by atoms with E-state index in [1.807, 2.05) is 6.07 Å². The van der Waals surface area contributed by atoms with Gasteiger partial charge in [0.1, 0.15) is 17.5 Å². The molecule has 0 atom stereocenters. The summed E-state index contributed by atoms with van der Waals surface area (Å²) in [6, 6.07) is 3.79. The molecule has 2 aromatic heterocycles. The SMILES string of the molecule is CC(C)c1nc(N)cc(NCc2sccc2Br)n1. The summed E-state index contributed by atoms with van der Waals surface area (Å²) in [6.45, 7) is 4.83. The molecule has 2 aromatic rings. The van der Waals surface area contributed by atoms with Gasteiger partial charge in [0.05, 0.1) is 6.54 Å². The van der Waals surface area contributed by atoms with Crippen molar-refractivity contribution in [1.82, 2.24) is 9.97 Å². The second-order valence-electron chi connectivity index (χ2n) is 4.24. The van der Waals surface area contributed by atoms with E-state index >= 15 is 0 Å². The highest BCUT2D eigenvalue weighted by Crippen LogP contribution is 2.24. The van der Waals surface area contributed by atoms with Crippen LogP contribution in [0.1, 0.15) is 30.5 Å². The lowest BCUT2D eigenvalue weighted by Crippen LogP contribution is -2.07. The fourth-order valence-electron chi connectivity index (χ4n) is 1.46. The molecule has 0 saturated carbocycles. The van der Waals surface area contributed by atoms with Crippen LogP contribution in [-0.4, -0.2) is 9.97 Å². The molecule has 3 N–H and O–H groups in total. The van der Waals surface area contributed by atoms with Crippen molar-refractivity contribution in [3.05, 3.63) is 32.7 Å². The Labute approximate surface area is 119 Å². The first-order chi connectivity index (χ1) is 8.56. The van der Waals surface area contributed by atoms with Gasteiger partial charge in [-0.3, -0.25) is 0 Å². The lowest BCUT2D eigenvalue weighted by atomic mass is 10.2. The molecule has 2 rings (SSSR count). The van der Waals surface area contributed by atoms with Crippen LogP contribution in [-0.2, 0) is 6.54 Å². The molecule has 0 aromatic carbocycles. The van der Waals surface area contributed by atoms with Crippen molar-refractivity contribution in [2.24, 2.45) is 0 Å². The Balaban J connectivity index is 2.12. The van der Waals surface area contributed by atoms with Crippen molar-refractivity contribution in [3.63, 3.8) is 0 Å². The molecule has 2 heterocycles. The molecule has 96 valence electrons. The second-order valence-corrected chi connectivity index (χ2v) is 6.09. The summed E-state index contributed by atoms with van der Waals surface area (Å²) in [4.78, 5) is 9.90. The molecule has 0 spiro atoms. The van der Waals surface area contributed by atoms with E-state index in [0.717, 1.165) is 22.7 Å². The van der Waals surface area contributed by atoms with E-state index in [-0.39, 0.29) is 5.92 Å². The van der Waals surface area contributed by atoms with Crippen LogP contribution in [0.2, 0.25) is 0 Å². The lowest BCUT2D eigenvalue weighted by Gasteiger charge is -2.09. The smallest absolute Gasteiger partial charge is 0.135 e. The van der Waals surface area contributed by atoms with Gasteiger partial charge < -0.3 is 11.1 Å². The molecule has 6 heteroatoms. The van der Waals surface area contributed by atoms with Gasteiger partial charge >= 0.3 is 0 Å². The number of halogens is 1. The highest BCUT2D eigenvalue weighted by Gasteiger charge is 2.07. The fourth-order valence-corrected chi connectivity index (χ4v) is 2.89. The first-order valence-corrected chi connectivity index (χ1v) is 7.33. The van der Waals surface area contributed by atoms with Gasteiger partial charge in [-0.25, -0.2) is 9.97 Å². The number of hydrogen-bond donors (Lipinski definition) is 2. The Morgan fingerprint density at radius 2 is 2.22 bits per heavy atom. The minimum atomic E-state index is 0.266. The average molecular weight is 327 g/mol. The Morgan fingerprint density at radius 3 is 2.83 bits per heavy atom. The largest absolute Gasteiger partial charge is 0.384 e. The van der Waals surface area contributed by atoms with Crippen molar-refractivity contribution in [3.8, 4) is 0 Å². The van der Waals surface area contributed by atoms with E-state index in [9.17, 15) is 0 Å². The summed E-state index contributed by atoms with van der Waals surface area (Å²) >= 11 is 5.20. The first kappa shape index (κ1) is 13.3. The molecular formula is C12H15BrN4S. The highest BCUT2D eigenvalue weighted by molar-refractivity contribution is 9.10.